The molecule has 1 atom stereocenters. The summed E-state index contributed by atoms with van der Waals surface area (Å²) in [4.78, 5) is 9.02. The number of hydrogen-bond donors (Lipinski definition) is 4. The van der Waals surface area contributed by atoms with Crippen LogP contribution in [0.4, 0.5) is 17.3 Å². The molecule has 1 aliphatic rings. The summed E-state index contributed by atoms with van der Waals surface area (Å²) in [6, 6.07) is 15.1. The molecule has 0 spiro atoms. The number of aromatic nitrogens is 2. The van der Waals surface area contributed by atoms with Crippen LogP contribution in [0.1, 0.15) is 37.0 Å². The van der Waals surface area contributed by atoms with Crippen molar-refractivity contribution in [3.63, 3.8) is 0 Å². The van der Waals surface area contributed by atoms with E-state index in [4.69, 9.17) is 4.74 Å². The third-order valence-corrected chi connectivity index (χ3v) is 6.23. The van der Waals surface area contributed by atoms with Crippen LogP contribution >= 0.6 is 0 Å². The van der Waals surface area contributed by atoms with Crippen LogP contribution in [0.25, 0.3) is 11.3 Å². The van der Waals surface area contributed by atoms with Crippen LogP contribution in [0.3, 0.4) is 0 Å². The molecule has 184 valence electrons. The van der Waals surface area contributed by atoms with Gasteiger partial charge in [-0.15, -0.1) is 0 Å². The lowest BCUT2D eigenvalue weighted by atomic mass is 9.83. The fourth-order valence-electron chi connectivity index (χ4n) is 4.14. The van der Waals surface area contributed by atoms with Crippen LogP contribution in [0.15, 0.2) is 42.6 Å². The SMILES string of the molecule is CCNCCCOc1ccc(C#N)cc1Nc1nccc(-c2cc(C#N)c3c(c2)[C@@](C)(CO)CN3)n1. The zero-order valence-corrected chi connectivity index (χ0v) is 20.4. The van der Waals surface area contributed by atoms with Gasteiger partial charge in [0.1, 0.15) is 11.8 Å². The number of benzene rings is 2. The monoisotopic (exact) mass is 483 g/mol. The molecule has 2 aromatic carbocycles. The molecule has 36 heavy (non-hydrogen) atoms. The number of fused-ring (bicyclic) bond motifs is 1. The topological polar surface area (TPSA) is 139 Å². The number of nitriles is 2. The number of aliphatic hydroxyl groups is 1. The van der Waals surface area contributed by atoms with Gasteiger partial charge in [0.05, 0.1) is 47.5 Å². The van der Waals surface area contributed by atoms with Gasteiger partial charge >= 0.3 is 0 Å². The molecule has 0 saturated carbocycles. The van der Waals surface area contributed by atoms with Gasteiger partial charge < -0.3 is 25.8 Å². The smallest absolute Gasteiger partial charge is 0.227 e. The molecule has 9 nitrogen and oxygen atoms in total. The van der Waals surface area contributed by atoms with E-state index in [0.717, 1.165) is 36.3 Å². The maximum atomic E-state index is 9.98. The number of anilines is 3. The first kappa shape index (κ1) is 24.9. The molecular weight excluding hydrogens is 454 g/mol. The Labute approximate surface area is 210 Å². The summed E-state index contributed by atoms with van der Waals surface area (Å²) in [5.41, 5.74) is 4.13. The molecule has 0 saturated heterocycles. The summed E-state index contributed by atoms with van der Waals surface area (Å²) in [5.74, 6) is 0.940. The first-order chi connectivity index (χ1) is 17.5. The van der Waals surface area contributed by atoms with Crippen LogP contribution in [0.5, 0.6) is 5.75 Å². The molecular formula is C27H29N7O2. The van der Waals surface area contributed by atoms with Crippen molar-refractivity contribution in [2.24, 2.45) is 0 Å². The zero-order valence-electron chi connectivity index (χ0n) is 20.4. The molecule has 0 radical (unpaired) electrons. The first-order valence-corrected chi connectivity index (χ1v) is 11.9. The fourth-order valence-corrected chi connectivity index (χ4v) is 4.14. The summed E-state index contributed by atoms with van der Waals surface area (Å²) >= 11 is 0. The van der Waals surface area contributed by atoms with Crippen molar-refractivity contribution in [3.8, 4) is 29.1 Å². The maximum Gasteiger partial charge on any atom is 0.227 e. The van der Waals surface area contributed by atoms with E-state index in [-0.39, 0.29) is 6.61 Å². The van der Waals surface area contributed by atoms with E-state index in [9.17, 15) is 15.6 Å². The molecule has 0 amide bonds. The number of nitrogens with one attached hydrogen (secondary N) is 3. The molecule has 1 aromatic heterocycles. The summed E-state index contributed by atoms with van der Waals surface area (Å²) in [6.07, 6.45) is 2.49. The molecule has 1 aliphatic heterocycles. The van der Waals surface area contributed by atoms with Crippen molar-refractivity contribution in [3.05, 3.63) is 59.3 Å². The minimum atomic E-state index is -0.484. The van der Waals surface area contributed by atoms with Gasteiger partial charge in [-0.2, -0.15) is 10.5 Å². The summed E-state index contributed by atoms with van der Waals surface area (Å²) in [6.45, 7) is 6.84. The van der Waals surface area contributed by atoms with Gasteiger partial charge in [0.2, 0.25) is 5.95 Å². The molecule has 0 unspecified atom stereocenters. The quantitative estimate of drug-likeness (QED) is 0.318. The molecule has 3 aromatic rings. The van der Waals surface area contributed by atoms with Gasteiger partial charge in [0, 0.05) is 23.7 Å². The predicted octanol–water partition coefficient (Wildman–Crippen LogP) is 3.68. The average molecular weight is 484 g/mol. The van der Waals surface area contributed by atoms with E-state index >= 15 is 0 Å². The number of aliphatic hydroxyl groups excluding tert-OH is 1. The Balaban J connectivity index is 1.63. The number of rotatable bonds is 10. The Morgan fingerprint density at radius 1 is 1.19 bits per heavy atom. The van der Waals surface area contributed by atoms with Gasteiger partial charge in [-0.1, -0.05) is 13.8 Å². The fraction of sp³-hybridized carbons (Fsp3) is 0.333. The van der Waals surface area contributed by atoms with E-state index in [0.29, 0.717) is 47.4 Å². The minimum Gasteiger partial charge on any atom is -0.491 e. The third-order valence-electron chi connectivity index (χ3n) is 6.23. The lowest BCUT2D eigenvalue weighted by Crippen LogP contribution is -2.28. The van der Waals surface area contributed by atoms with Gasteiger partial charge in [-0.25, -0.2) is 9.97 Å². The van der Waals surface area contributed by atoms with E-state index in [1.54, 1.807) is 36.5 Å². The summed E-state index contributed by atoms with van der Waals surface area (Å²) in [5, 5.41) is 38.8. The molecule has 0 aliphatic carbocycles. The first-order valence-electron chi connectivity index (χ1n) is 11.9. The van der Waals surface area contributed by atoms with Crippen LogP contribution < -0.4 is 20.7 Å². The normalized spacial score (nSPS) is 15.9. The molecule has 9 heteroatoms. The van der Waals surface area contributed by atoms with E-state index in [1.807, 2.05) is 13.0 Å². The lowest BCUT2D eigenvalue weighted by Gasteiger charge is -2.21. The summed E-state index contributed by atoms with van der Waals surface area (Å²) < 4.78 is 5.95. The molecule has 2 heterocycles. The highest BCUT2D eigenvalue weighted by atomic mass is 16.5. The van der Waals surface area contributed by atoms with Gasteiger partial charge in [-0.05, 0) is 61.5 Å². The largest absolute Gasteiger partial charge is 0.491 e. The van der Waals surface area contributed by atoms with Crippen molar-refractivity contribution >= 4 is 17.3 Å². The van der Waals surface area contributed by atoms with Crippen molar-refractivity contribution in [2.45, 2.75) is 25.7 Å². The highest BCUT2D eigenvalue weighted by molar-refractivity contribution is 5.76. The van der Waals surface area contributed by atoms with Crippen LogP contribution in [0.2, 0.25) is 0 Å². The predicted molar refractivity (Wildman–Crippen MR) is 138 cm³/mol. The van der Waals surface area contributed by atoms with Gasteiger partial charge in [0.15, 0.2) is 0 Å². The molecule has 0 bridgehead atoms. The van der Waals surface area contributed by atoms with Crippen molar-refractivity contribution in [2.75, 3.05) is 43.5 Å². The highest BCUT2D eigenvalue weighted by Crippen LogP contribution is 2.41. The lowest BCUT2D eigenvalue weighted by molar-refractivity contribution is 0.219. The number of hydrogen-bond acceptors (Lipinski definition) is 9. The van der Waals surface area contributed by atoms with Crippen molar-refractivity contribution in [1.82, 2.24) is 15.3 Å². The van der Waals surface area contributed by atoms with E-state index in [1.165, 1.54) is 0 Å². The van der Waals surface area contributed by atoms with Crippen LogP contribution in [0, 0.1) is 22.7 Å². The molecule has 0 fully saturated rings. The van der Waals surface area contributed by atoms with E-state index < -0.39 is 5.41 Å². The van der Waals surface area contributed by atoms with Gasteiger partial charge in [0.25, 0.3) is 0 Å². The number of ether oxygens (including phenoxy) is 1. The van der Waals surface area contributed by atoms with Gasteiger partial charge in [-0.3, -0.25) is 0 Å². The van der Waals surface area contributed by atoms with Crippen LogP contribution in [-0.4, -0.2) is 47.9 Å². The minimum absolute atomic E-state index is 0.0373. The second kappa shape index (κ2) is 11.0. The second-order valence-corrected chi connectivity index (χ2v) is 8.90. The zero-order chi connectivity index (χ0) is 25.5. The average Bonchev–Trinajstić information content (AvgIpc) is 3.26. The molecule has 4 N–H and O–H groups in total. The Morgan fingerprint density at radius 2 is 2.06 bits per heavy atom. The third kappa shape index (κ3) is 5.23. The van der Waals surface area contributed by atoms with Crippen molar-refractivity contribution < 1.29 is 9.84 Å². The maximum absolute atomic E-state index is 9.98. The molecule has 4 rings (SSSR count). The Kier molecular flexibility index (Phi) is 7.65. The standard InChI is InChI=1S/C27H29N7O2/c1-3-30-8-4-10-36-24-6-5-18(14-28)11-23(24)34-26-31-9-7-22(33-26)19-12-20(15-29)25-21(13-19)27(2,17-35)16-32-25/h5-7,9,11-13,30,32,35H,3-4,8,10,16-17H2,1-2H3,(H,31,33,34)/t27-/m1/s1. The van der Waals surface area contributed by atoms with Crippen molar-refractivity contribution in [1.29, 1.82) is 10.5 Å². The Hall–Kier alpha value is -4.18. The van der Waals surface area contributed by atoms with E-state index in [2.05, 4.69) is 45.0 Å². The van der Waals surface area contributed by atoms with Crippen LogP contribution in [-0.2, 0) is 5.41 Å². The highest BCUT2D eigenvalue weighted by Gasteiger charge is 2.36. The Morgan fingerprint density at radius 3 is 2.81 bits per heavy atom. The Bertz CT molecular complexity index is 1330. The number of nitrogens with zero attached hydrogens (tertiary/aromatic N) is 4. The summed E-state index contributed by atoms with van der Waals surface area (Å²) in [7, 11) is 0. The second-order valence-electron chi connectivity index (χ2n) is 8.90.